The van der Waals surface area contributed by atoms with Crippen LogP contribution < -0.4 is 0 Å². The van der Waals surface area contributed by atoms with Crippen LogP contribution >= 0.6 is 0 Å². The summed E-state index contributed by atoms with van der Waals surface area (Å²) in [5.74, 6) is -2.16. The van der Waals surface area contributed by atoms with Crippen LogP contribution in [0.3, 0.4) is 0 Å². The summed E-state index contributed by atoms with van der Waals surface area (Å²) in [6, 6.07) is 0. The van der Waals surface area contributed by atoms with Crippen molar-refractivity contribution in [2.24, 2.45) is 0 Å². The molecule has 2 aliphatic heterocycles. The van der Waals surface area contributed by atoms with E-state index in [1.165, 1.54) is 70.8 Å². The van der Waals surface area contributed by atoms with Crippen molar-refractivity contribution in [2.45, 2.75) is 204 Å². The molecule has 0 aromatic rings. The second-order valence-electron chi connectivity index (χ2n) is 13.4. The van der Waals surface area contributed by atoms with Crippen LogP contribution in [-0.4, -0.2) is 73.9 Å². The monoisotopic (exact) mass is 612 g/mol. The van der Waals surface area contributed by atoms with Gasteiger partial charge in [0.2, 0.25) is 5.79 Å². The zero-order chi connectivity index (χ0) is 31.5. The van der Waals surface area contributed by atoms with Gasteiger partial charge in [0, 0.05) is 18.9 Å². The molecule has 252 valence electrons. The molecular formula is C35H64O8. The van der Waals surface area contributed by atoms with E-state index in [1.807, 2.05) is 0 Å². The third kappa shape index (κ3) is 16.7. The van der Waals surface area contributed by atoms with E-state index in [0.29, 0.717) is 31.3 Å². The quantitative estimate of drug-likeness (QED) is 0.0561. The molecule has 2 unspecified atom stereocenters. The van der Waals surface area contributed by atoms with Gasteiger partial charge < -0.3 is 35.0 Å². The summed E-state index contributed by atoms with van der Waals surface area (Å²) in [5, 5.41) is 51.5. The number of carbonyl (C=O) groups excluding carboxylic acids is 1. The maximum absolute atomic E-state index is 11.7. The van der Waals surface area contributed by atoms with Gasteiger partial charge in [-0.3, -0.25) is 0 Å². The first-order valence-corrected chi connectivity index (χ1v) is 17.7. The molecule has 2 rings (SSSR count). The number of esters is 1. The van der Waals surface area contributed by atoms with Crippen LogP contribution in [0.4, 0.5) is 0 Å². The van der Waals surface area contributed by atoms with E-state index in [4.69, 9.17) is 9.47 Å². The van der Waals surface area contributed by atoms with Crippen molar-refractivity contribution in [2.75, 3.05) is 0 Å². The highest BCUT2D eigenvalue weighted by molar-refractivity contribution is 5.91. The van der Waals surface area contributed by atoms with Crippen molar-refractivity contribution in [3.63, 3.8) is 0 Å². The third-order valence-electron chi connectivity index (χ3n) is 9.12. The molecule has 2 aliphatic rings. The number of ether oxygens (including phenoxy) is 2. The van der Waals surface area contributed by atoms with Gasteiger partial charge in [-0.05, 0) is 51.0 Å². The molecule has 0 amide bonds. The lowest BCUT2D eigenvalue weighted by atomic mass is 9.99. The summed E-state index contributed by atoms with van der Waals surface area (Å²) < 4.78 is 10.9. The van der Waals surface area contributed by atoms with Gasteiger partial charge in [-0.2, -0.15) is 0 Å². The SMILES string of the molecule is CCCCCCCCCCCC[C@H](O)[C@@H]1CC[C@H]([C@H](O)CCCCC(O)CCCCC[C@@H](O)CC2=CC(C)(O)OC2=O)O1. The molecule has 0 spiro atoms. The number of cyclic esters (lactones) is 1. The van der Waals surface area contributed by atoms with E-state index in [2.05, 4.69) is 6.92 Å². The van der Waals surface area contributed by atoms with Gasteiger partial charge in [-0.15, -0.1) is 0 Å². The highest BCUT2D eigenvalue weighted by Gasteiger charge is 2.35. The first-order chi connectivity index (χ1) is 20.6. The average molecular weight is 613 g/mol. The van der Waals surface area contributed by atoms with Crippen molar-refractivity contribution in [3.8, 4) is 0 Å². The predicted molar refractivity (Wildman–Crippen MR) is 169 cm³/mol. The molecular weight excluding hydrogens is 548 g/mol. The second-order valence-corrected chi connectivity index (χ2v) is 13.4. The fourth-order valence-electron chi connectivity index (χ4n) is 6.45. The van der Waals surface area contributed by atoms with Gasteiger partial charge in [0.25, 0.3) is 0 Å². The minimum Gasteiger partial charge on any atom is -0.426 e. The molecule has 1 saturated heterocycles. The van der Waals surface area contributed by atoms with Crippen LogP contribution in [0.15, 0.2) is 11.6 Å². The number of hydrogen-bond acceptors (Lipinski definition) is 8. The minimum absolute atomic E-state index is 0.159. The van der Waals surface area contributed by atoms with Crippen molar-refractivity contribution in [1.29, 1.82) is 0 Å². The minimum atomic E-state index is -1.58. The lowest BCUT2D eigenvalue weighted by Crippen LogP contribution is -2.31. The largest absolute Gasteiger partial charge is 0.426 e. The maximum atomic E-state index is 11.7. The maximum Gasteiger partial charge on any atom is 0.336 e. The Hall–Kier alpha value is -1.03. The van der Waals surface area contributed by atoms with Crippen LogP contribution in [0.1, 0.15) is 162 Å². The summed E-state index contributed by atoms with van der Waals surface area (Å²) in [6.07, 6.45) is 21.3. The summed E-state index contributed by atoms with van der Waals surface area (Å²) in [6.45, 7) is 3.64. The standard InChI is InChI=1S/C35H64O8/c1-3-4-5-6-7-8-9-10-11-15-21-30(38)32-23-24-33(42-32)31(39)22-17-16-19-28(36)18-13-12-14-20-29(37)25-27-26-35(2,41)43-34(27)40/h26,28-33,36-39,41H,3-25H2,1-2H3/t28?,29-,30+,31-,32+,33-,35?/m1/s1. The molecule has 0 bridgehead atoms. The van der Waals surface area contributed by atoms with Crippen LogP contribution in [-0.2, 0) is 14.3 Å². The van der Waals surface area contributed by atoms with E-state index < -0.39 is 30.1 Å². The molecule has 0 radical (unpaired) electrons. The Labute approximate surface area is 261 Å². The molecule has 0 aromatic heterocycles. The van der Waals surface area contributed by atoms with Gasteiger partial charge in [-0.25, -0.2) is 4.79 Å². The molecule has 0 aliphatic carbocycles. The smallest absolute Gasteiger partial charge is 0.336 e. The number of hydrogen-bond donors (Lipinski definition) is 5. The molecule has 7 atom stereocenters. The Morgan fingerprint density at radius 3 is 1.63 bits per heavy atom. The first kappa shape index (κ1) is 38.2. The zero-order valence-corrected chi connectivity index (χ0v) is 27.3. The predicted octanol–water partition coefficient (Wildman–Crippen LogP) is 6.38. The molecule has 1 fully saturated rings. The van der Waals surface area contributed by atoms with Crippen molar-refractivity contribution in [1.82, 2.24) is 0 Å². The van der Waals surface area contributed by atoms with Crippen molar-refractivity contribution >= 4 is 5.97 Å². The topological polar surface area (TPSA) is 137 Å². The van der Waals surface area contributed by atoms with Crippen LogP contribution in [0.2, 0.25) is 0 Å². The summed E-state index contributed by atoms with van der Waals surface area (Å²) in [7, 11) is 0. The molecule has 5 N–H and O–H groups in total. The second kappa shape index (κ2) is 21.7. The fraction of sp³-hybridized carbons (Fsp3) is 0.914. The number of unbranched alkanes of at least 4 members (excludes halogenated alkanes) is 12. The van der Waals surface area contributed by atoms with Gasteiger partial charge in [0.15, 0.2) is 0 Å². The number of rotatable bonds is 26. The Balaban J connectivity index is 1.42. The van der Waals surface area contributed by atoms with E-state index in [0.717, 1.165) is 57.8 Å². The van der Waals surface area contributed by atoms with E-state index in [9.17, 15) is 30.3 Å². The van der Waals surface area contributed by atoms with Gasteiger partial charge in [0.05, 0.1) is 36.6 Å². The Morgan fingerprint density at radius 2 is 1.12 bits per heavy atom. The highest BCUT2D eigenvalue weighted by Crippen LogP contribution is 2.29. The first-order valence-electron chi connectivity index (χ1n) is 17.7. The van der Waals surface area contributed by atoms with Crippen LogP contribution in [0.5, 0.6) is 0 Å². The van der Waals surface area contributed by atoms with E-state index >= 15 is 0 Å². The van der Waals surface area contributed by atoms with Crippen molar-refractivity contribution < 1.29 is 39.8 Å². The van der Waals surface area contributed by atoms with E-state index in [-0.39, 0.29) is 24.7 Å². The number of aliphatic hydroxyl groups excluding tert-OH is 4. The zero-order valence-electron chi connectivity index (χ0n) is 27.3. The summed E-state index contributed by atoms with van der Waals surface area (Å²) in [4.78, 5) is 11.7. The van der Waals surface area contributed by atoms with Gasteiger partial charge in [0.1, 0.15) is 0 Å². The van der Waals surface area contributed by atoms with Crippen LogP contribution in [0, 0.1) is 0 Å². The fourth-order valence-corrected chi connectivity index (χ4v) is 6.45. The lowest BCUT2D eigenvalue weighted by Gasteiger charge is -2.22. The van der Waals surface area contributed by atoms with Gasteiger partial charge in [-0.1, -0.05) is 103 Å². The molecule has 0 saturated carbocycles. The Kier molecular flexibility index (Phi) is 19.2. The normalized spacial score (nSPS) is 25.0. The van der Waals surface area contributed by atoms with Gasteiger partial charge >= 0.3 is 5.97 Å². The Bertz CT molecular complexity index is 769. The van der Waals surface area contributed by atoms with Crippen molar-refractivity contribution in [3.05, 3.63) is 11.6 Å². The molecule has 8 heteroatoms. The third-order valence-corrected chi connectivity index (χ3v) is 9.12. The number of aliphatic hydroxyl groups is 5. The molecule has 43 heavy (non-hydrogen) atoms. The summed E-state index contributed by atoms with van der Waals surface area (Å²) in [5.41, 5.74) is 0.314. The lowest BCUT2D eigenvalue weighted by molar-refractivity contribution is -0.173. The Morgan fingerprint density at radius 1 is 0.698 bits per heavy atom. The van der Waals surface area contributed by atoms with Crippen LogP contribution in [0.25, 0.3) is 0 Å². The summed E-state index contributed by atoms with van der Waals surface area (Å²) >= 11 is 0. The molecule has 8 nitrogen and oxygen atoms in total. The molecule has 2 heterocycles. The number of carbonyl (C=O) groups is 1. The molecule has 0 aromatic carbocycles. The average Bonchev–Trinajstić information content (AvgIpc) is 3.55. The highest BCUT2D eigenvalue weighted by atomic mass is 16.7. The van der Waals surface area contributed by atoms with E-state index in [1.54, 1.807) is 0 Å².